The van der Waals surface area contributed by atoms with Crippen molar-refractivity contribution in [3.8, 4) is 0 Å². The summed E-state index contributed by atoms with van der Waals surface area (Å²) < 4.78 is 5.16. The van der Waals surface area contributed by atoms with E-state index in [1.807, 2.05) is 23.6 Å². The van der Waals surface area contributed by atoms with Crippen LogP contribution in [0.5, 0.6) is 0 Å². The molecule has 0 bridgehead atoms. The quantitative estimate of drug-likeness (QED) is 0.526. The lowest BCUT2D eigenvalue weighted by atomic mass is 10.1. The van der Waals surface area contributed by atoms with E-state index in [-0.39, 0.29) is 12.0 Å². The van der Waals surface area contributed by atoms with E-state index in [0.29, 0.717) is 40.4 Å². The highest BCUT2D eigenvalue weighted by Crippen LogP contribution is 2.31. The summed E-state index contributed by atoms with van der Waals surface area (Å²) in [5, 5.41) is 11.0. The molecule has 11 heteroatoms. The fourth-order valence-corrected chi connectivity index (χ4v) is 4.04. The molecule has 1 aliphatic heterocycles. The molecular weight excluding hydrogens is 440 g/mol. The molecule has 3 aromatic rings. The van der Waals surface area contributed by atoms with Crippen molar-refractivity contribution in [2.75, 3.05) is 36.2 Å². The number of hydrogen-bond donors (Lipinski definition) is 3. The summed E-state index contributed by atoms with van der Waals surface area (Å²) in [7, 11) is 3.25. The highest BCUT2D eigenvalue weighted by molar-refractivity contribution is 7.12. The van der Waals surface area contributed by atoms with Crippen molar-refractivity contribution in [1.82, 2.24) is 15.3 Å². The average molecular weight is 459 g/mol. The number of fused-ring (bicyclic) bond motifs is 1. The number of benzene rings is 1. The molecule has 0 radical (unpaired) electrons. The topological polar surface area (TPSA) is 108 Å². The second-order valence-electron chi connectivity index (χ2n) is 6.65. The van der Waals surface area contributed by atoms with Gasteiger partial charge in [0.2, 0.25) is 5.95 Å². The zero-order valence-electron chi connectivity index (χ0n) is 16.7. The molecule has 2 aromatic heterocycles. The molecule has 0 fully saturated rings. The van der Waals surface area contributed by atoms with Crippen molar-refractivity contribution < 1.29 is 14.3 Å². The average Bonchev–Trinajstić information content (AvgIpc) is 3.18. The summed E-state index contributed by atoms with van der Waals surface area (Å²) in [5.74, 6) is 0.507. The van der Waals surface area contributed by atoms with Crippen LogP contribution in [0.4, 0.5) is 33.6 Å². The lowest BCUT2D eigenvalue weighted by Crippen LogP contribution is -2.25. The van der Waals surface area contributed by atoms with Crippen LogP contribution in [0.25, 0.3) is 0 Å². The Morgan fingerprint density at radius 2 is 2.13 bits per heavy atom. The van der Waals surface area contributed by atoms with Gasteiger partial charge in [-0.1, -0.05) is 11.6 Å². The van der Waals surface area contributed by atoms with Gasteiger partial charge < -0.3 is 20.7 Å². The molecule has 9 nitrogen and oxygen atoms in total. The second-order valence-corrected chi connectivity index (χ2v) is 7.97. The van der Waals surface area contributed by atoms with Crippen LogP contribution in [-0.4, -0.2) is 42.7 Å². The maximum Gasteiger partial charge on any atom is 0.414 e. The van der Waals surface area contributed by atoms with Gasteiger partial charge in [0.05, 0.1) is 24.2 Å². The number of rotatable bonds is 5. The van der Waals surface area contributed by atoms with E-state index in [9.17, 15) is 9.59 Å². The number of aromatic nitrogens is 2. The van der Waals surface area contributed by atoms with Crippen LogP contribution in [0, 0.1) is 0 Å². The Hall–Kier alpha value is -3.37. The van der Waals surface area contributed by atoms with E-state index in [1.54, 1.807) is 20.2 Å². The lowest BCUT2D eigenvalue weighted by Gasteiger charge is -2.17. The van der Waals surface area contributed by atoms with Crippen LogP contribution >= 0.6 is 22.9 Å². The first-order chi connectivity index (χ1) is 15.0. The molecule has 0 unspecified atom stereocenters. The molecule has 3 heterocycles. The molecule has 0 aliphatic carbocycles. The summed E-state index contributed by atoms with van der Waals surface area (Å²) in [5.41, 5.74) is 3.13. The summed E-state index contributed by atoms with van der Waals surface area (Å²) in [6, 6.07) is 7.40. The van der Waals surface area contributed by atoms with E-state index in [2.05, 4.69) is 25.9 Å². The molecular formula is C20H19ClN6O3S. The smallest absolute Gasteiger partial charge is 0.414 e. The number of carbonyl (C=O) groups is 2. The van der Waals surface area contributed by atoms with Gasteiger partial charge in [-0.05, 0) is 35.2 Å². The highest BCUT2D eigenvalue weighted by Gasteiger charge is 2.20. The normalized spacial score (nSPS) is 13.1. The van der Waals surface area contributed by atoms with E-state index < -0.39 is 0 Å². The molecule has 160 valence electrons. The Morgan fingerprint density at radius 3 is 2.94 bits per heavy atom. The standard InChI is InChI=1S/C20H19ClN6O3S/c1-22-18(28)16-14(6-8-31-16)25-17-13(21)10-23-19(26-17)24-12-3-4-15-11(9-12)5-7-30-20(29)27(15)2/h3-4,6,8-10H,5,7H2,1-2H3,(H,22,28)(H2,23,24,25,26). The molecule has 0 atom stereocenters. The van der Waals surface area contributed by atoms with Crippen LogP contribution in [0.15, 0.2) is 35.8 Å². The third kappa shape index (κ3) is 4.39. The third-order valence-corrected chi connectivity index (χ3v) is 5.85. The SMILES string of the molecule is CNC(=O)c1sccc1Nc1nc(Nc2ccc3c(c2)CCOC(=O)N3C)ncc1Cl. The minimum Gasteiger partial charge on any atom is -0.449 e. The van der Waals surface area contributed by atoms with Gasteiger partial charge in [0.25, 0.3) is 5.91 Å². The maximum atomic E-state index is 12.0. The molecule has 1 aliphatic rings. The minimum absolute atomic E-state index is 0.196. The summed E-state index contributed by atoms with van der Waals surface area (Å²) >= 11 is 7.58. The van der Waals surface area contributed by atoms with Gasteiger partial charge in [-0.15, -0.1) is 11.3 Å². The first-order valence-electron chi connectivity index (χ1n) is 9.36. The van der Waals surface area contributed by atoms with Gasteiger partial charge in [-0.25, -0.2) is 9.78 Å². The van der Waals surface area contributed by atoms with Gasteiger partial charge in [-0.3, -0.25) is 9.69 Å². The lowest BCUT2D eigenvalue weighted by molar-refractivity contribution is 0.0967. The first-order valence-corrected chi connectivity index (χ1v) is 10.6. The largest absolute Gasteiger partial charge is 0.449 e. The van der Waals surface area contributed by atoms with E-state index in [0.717, 1.165) is 16.9 Å². The number of cyclic esters (lactones) is 1. The Morgan fingerprint density at radius 1 is 1.29 bits per heavy atom. The maximum absolute atomic E-state index is 12.0. The van der Waals surface area contributed by atoms with Crippen LogP contribution in [0.2, 0.25) is 5.02 Å². The highest BCUT2D eigenvalue weighted by atomic mass is 35.5. The van der Waals surface area contributed by atoms with Crippen molar-refractivity contribution in [2.24, 2.45) is 0 Å². The fourth-order valence-electron chi connectivity index (χ4n) is 3.10. The van der Waals surface area contributed by atoms with Gasteiger partial charge in [0.1, 0.15) is 9.90 Å². The summed E-state index contributed by atoms with van der Waals surface area (Å²) in [4.78, 5) is 34.6. The number of ether oxygens (including phenoxy) is 1. The van der Waals surface area contributed by atoms with Crippen molar-refractivity contribution in [2.45, 2.75) is 6.42 Å². The molecule has 0 saturated carbocycles. The number of halogens is 1. The van der Waals surface area contributed by atoms with Crippen LogP contribution in [-0.2, 0) is 11.2 Å². The minimum atomic E-state index is -0.374. The zero-order chi connectivity index (χ0) is 22.0. The Balaban J connectivity index is 1.57. The number of carbonyl (C=O) groups excluding carboxylic acids is 2. The number of anilines is 5. The van der Waals surface area contributed by atoms with Gasteiger partial charge in [0.15, 0.2) is 5.82 Å². The zero-order valence-corrected chi connectivity index (χ0v) is 18.3. The second kappa shape index (κ2) is 8.78. The van der Waals surface area contributed by atoms with Gasteiger partial charge in [0, 0.05) is 26.2 Å². The van der Waals surface area contributed by atoms with Crippen molar-refractivity contribution in [3.05, 3.63) is 51.3 Å². The monoisotopic (exact) mass is 458 g/mol. The van der Waals surface area contributed by atoms with Crippen molar-refractivity contribution in [1.29, 1.82) is 0 Å². The number of amides is 2. The Bertz CT molecular complexity index is 1150. The Labute approximate surface area is 187 Å². The third-order valence-electron chi connectivity index (χ3n) is 4.66. The van der Waals surface area contributed by atoms with Crippen LogP contribution < -0.4 is 20.9 Å². The number of thiophene rings is 1. The van der Waals surface area contributed by atoms with Crippen LogP contribution in [0.1, 0.15) is 15.2 Å². The van der Waals surface area contributed by atoms with Crippen molar-refractivity contribution >= 4 is 63.8 Å². The molecule has 31 heavy (non-hydrogen) atoms. The molecule has 1 aromatic carbocycles. The van der Waals surface area contributed by atoms with E-state index in [4.69, 9.17) is 16.3 Å². The van der Waals surface area contributed by atoms with Gasteiger partial charge >= 0.3 is 6.09 Å². The summed E-state index contributed by atoms with van der Waals surface area (Å²) in [6.07, 6.45) is 1.71. The predicted octanol–water partition coefficient (Wildman–Crippen LogP) is 4.17. The number of nitrogens with zero attached hydrogens (tertiary/aromatic N) is 3. The van der Waals surface area contributed by atoms with Gasteiger partial charge in [-0.2, -0.15) is 4.98 Å². The molecule has 3 N–H and O–H groups in total. The molecule has 0 saturated heterocycles. The summed E-state index contributed by atoms with van der Waals surface area (Å²) in [6.45, 7) is 0.319. The van der Waals surface area contributed by atoms with E-state index in [1.165, 1.54) is 22.4 Å². The molecule has 2 amide bonds. The first kappa shape index (κ1) is 20.9. The predicted molar refractivity (Wildman–Crippen MR) is 121 cm³/mol. The van der Waals surface area contributed by atoms with Crippen LogP contribution in [0.3, 0.4) is 0 Å². The number of nitrogens with one attached hydrogen (secondary N) is 3. The Kier molecular flexibility index (Phi) is 5.92. The van der Waals surface area contributed by atoms with Crippen molar-refractivity contribution in [3.63, 3.8) is 0 Å². The molecule has 4 rings (SSSR count). The number of hydrogen-bond acceptors (Lipinski definition) is 8. The van der Waals surface area contributed by atoms with E-state index >= 15 is 0 Å². The fraction of sp³-hybridized carbons (Fsp3) is 0.200. The molecule has 0 spiro atoms.